The van der Waals surface area contributed by atoms with Crippen molar-refractivity contribution in [3.63, 3.8) is 0 Å². The molecule has 1 fully saturated rings. The van der Waals surface area contributed by atoms with E-state index in [-0.39, 0.29) is 30.0 Å². The van der Waals surface area contributed by atoms with Gasteiger partial charge in [-0.1, -0.05) is 29.3 Å². The second-order valence-corrected chi connectivity index (χ2v) is 8.76. The number of amides is 2. The van der Waals surface area contributed by atoms with Crippen LogP contribution in [0.1, 0.15) is 20.7 Å². The first-order valence-corrected chi connectivity index (χ1v) is 11.6. The highest BCUT2D eigenvalue weighted by molar-refractivity contribution is 6.40. The summed E-state index contributed by atoms with van der Waals surface area (Å²) < 4.78 is 5.72. The zero-order chi connectivity index (χ0) is 24.5. The van der Waals surface area contributed by atoms with Gasteiger partial charge in [-0.3, -0.25) is 14.5 Å². The molecular formula is C23H21Cl2N7O3. The largest absolute Gasteiger partial charge is 0.455 e. The van der Waals surface area contributed by atoms with Crippen LogP contribution < -0.4 is 30.9 Å². The van der Waals surface area contributed by atoms with Gasteiger partial charge >= 0.3 is 0 Å². The number of piperazine rings is 1. The number of halogens is 2. The van der Waals surface area contributed by atoms with Crippen LogP contribution in [0.25, 0.3) is 0 Å². The lowest BCUT2D eigenvalue weighted by atomic mass is 10.1. The van der Waals surface area contributed by atoms with Crippen molar-refractivity contribution in [3.8, 4) is 5.88 Å². The molecule has 2 aliphatic heterocycles. The highest BCUT2D eigenvalue weighted by atomic mass is 35.5. The maximum atomic E-state index is 13.1. The van der Waals surface area contributed by atoms with E-state index in [0.717, 1.165) is 31.9 Å². The SMILES string of the molecule is NC(=O)c1cc(Nc2ncc3c(n2)OCN(c2c(Cl)cccc2Cl)C3=O)ccc1N1CCNCC1. The van der Waals surface area contributed by atoms with Crippen molar-refractivity contribution in [3.05, 3.63) is 63.8 Å². The molecule has 2 amide bonds. The van der Waals surface area contributed by atoms with Crippen LogP contribution in [0.3, 0.4) is 0 Å². The smallest absolute Gasteiger partial charge is 0.268 e. The number of benzene rings is 2. The van der Waals surface area contributed by atoms with E-state index in [1.807, 2.05) is 12.1 Å². The second-order valence-electron chi connectivity index (χ2n) is 7.95. The van der Waals surface area contributed by atoms with Crippen LogP contribution in [0.15, 0.2) is 42.6 Å². The molecule has 10 nitrogen and oxygen atoms in total. The number of nitrogens with two attached hydrogens (primary N) is 1. The normalized spacial score (nSPS) is 15.4. The summed E-state index contributed by atoms with van der Waals surface area (Å²) in [5.74, 6) is -0.587. The molecule has 0 spiro atoms. The second kappa shape index (κ2) is 9.57. The van der Waals surface area contributed by atoms with Gasteiger partial charge in [-0.2, -0.15) is 4.98 Å². The number of hydrogen-bond donors (Lipinski definition) is 3. The highest BCUT2D eigenvalue weighted by Crippen LogP contribution is 2.37. The molecule has 2 aliphatic rings. The molecule has 12 heteroatoms. The third-order valence-corrected chi connectivity index (χ3v) is 6.35. The van der Waals surface area contributed by atoms with Crippen LogP contribution in [0, 0.1) is 0 Å². The molecule has 0 saturated carbocycles. The maximum absolute atomic E-state index is 13.1. The number of carbonyl (C=O) groups is 2. The van der Waals surface area contributed by atoms with Crippen LogP contribution in [-0.4, -0.2) is 54.7 Å². The summed E-state index contributed by atoms with van der Waals surface area (Å²) in [6.07, 6.45) is 1.37. The Hall–Kier alpha value is -3.60. The average molecular weight is 514 g/mol. The Labute approximate surface area is 211 Å². The zero-order valence-corrected chi connectivity index (χ0v) is 19.9. The molecule has 0 radical (unpaired) electrons. The van der Waals surface area contributed by atoms with E-state index in [1.54, 1.807) is 24.3 Å². The minimum absolute atomic E-state index is 0.114. The van der Waals surface area contributed by atoms with Crippen molar-refractivity contribution < 1.29 is 14.3 Å². The van der Waals surface area contributed by atoms with E-state index in [9.17, 15) is 9.59 Å². The Balaban J connectivity index is 1.38. The van der Waals surface area contributed by atoms with Crippen molar-refractivity contribution in [2.75, 3.05) is 48.0 Å². The lowest BCUT2D eigenvalue weighted by molar-refractivity contribution is 0.0931. The van der Waals surface area contributed by atoms with Gasteiger partial charge in [0.1, 0.15) is 5.56 Å². The number of anilines is 4. The van der Waals surface area contributed by atoms with E-state index in [2.05, 4.69) is 25.5 Å². The van der Waals surface area contributed by atoms with Crippen molar-refractivity contribution in [2.24, 2.45) is 5.73 Å². The minimum Gasteiger partial charge on any atom is -0.455 e. The fourth-order valence-electron chi connectivity index (χ4n) is 4.05. The van der Waals surface area contributed by atoms with Gasteiger partial charge in [0, 0.05) is 43.8 Å². The predicted octanol–water partition coefficient (Wildman–Crippen LogP) is 3.03. The standard InChI is InChI=1S/C23H21Cl2N7O3/c24-16-2-1-3-17(25)19(16)32-12-35-21-15(22(32)34)11-28-23(30-21)29-13-4-5-18(14(10-13)20(26)33)31-8-6-27-7-9-31/h1-5,10-11,27H,6-9,12H2,(H2,26,33)(H,28,29,30). The van der Waals surface area contributed by atoms with Gasteiger partial charge in [-0.05, 0) is 30.3 Å². The van der Waals surface area contributed by atoms with Crippen molar-refractivity contribution in [1.29, 1.82) is 0 Å². The Kier molecular flexibility index (Phi) is 6.33. The summed E-state index contributed by atoms with van der Waals surface area (Å²) in [6.45, 7) is 3.11. The first-order valence-electron chi connectivity index (χ1n) is 10.8. The molecule has 0 aliphatic carbocycles. The van der Waals surface area contributed by atoms with Crippen LogP contribution in [0.4, 0.5) is 23.0 Å². The molecular weight excluding hydrogens is 493 g/mol. The summed E-state index contributed by atoms with van der Waals surface area (Å²) in [5, 5.41) is 6.98. The first-order chi connectivity index (χ1) is 16.9. The zero-order valence-electron chi connectivity index (χ0n) is 18.4. The van der Waals surface area contributed by atoms with E-state index in [0.29, 0.717) is 27.0 Å². The van der Waals surface area contributed by atoms with Gasteiger partial charge in [0.2, 0.25) is 11.8 Å². The van der Waals surface area contributed by atoms with Crippen molar-refractivity contribution in [1.82, 2.24) is 15.3 Å². The van der Waals surface area contributed by atoms with Crippen LogP contribution in [0.5, 0.6) is 5.88 Å². The molecule has 0 unspecified atom stereocenters. The van der Waals surface area contributed by atoms with Gasteiger partial charge in [0.15, 0.2) is 6.73 Å². The Morgan fingerprint density at radius 1 is 1.14 bits per heavy atom. The average Bonchev–Trinajstić information content (AvgIpc) is 2.86. The summed E-state index contributed by atoms with van der Waals surface area (Å²) in [5.41, 5.74) is 7.93. The summed E-state index contributed by atoms with van der Waals surface area (Å²) in [6, 6.07) is 10.3. The quantitative estimate of drug-likeness (QED) is 0.475. The van der Waals surface area contributed by atoms with Crippen LogP contribution in [0.2, 0.25) is 10.0 Å². The van der Waals surface area contributed by atoms with Crippen LogP contribution in [-0.2, 0) is 0 Å². The molecule has 3 heterocycles. The number of rotatable bonds is 5. The number of para-hydroxylation sites is 1. The topological polar surface area (TPSA) is 126 Å². The fraction of sp³-hybridized carbons (Fsp3) is 0.217. The number of hydrogen-bond acceptors (Lipinski definition) is 8. The Morgan fingerprint density at radius 2 is 1.89 bits per heavy atom. The molecule has 0 bridgehead atoms. The van der Waals surface area contributed by atoms with Crippen molar-refractivity contribution >= 4 is 58.0 Å². The van der Waals surface area contributed by atoms with E-state index in [1.165, 1.54) is 11.1 Å². The number of nitrogens with one attached hydrogen (secondary N) is 2. The molecule has 180 valence electrons. The third-order valence-electron chi connectivity index (χ3n) is 5.74. The number of nitrogens with zero attached hydrogens (tertiary/aromatic N) is 4. The number of carbonyl (C=O) groups excluding carboxylic acids is 2. The number of primary amides is 1. The lowest BCUT2D eigenvalue weighted by Crippen LogP contribution is -2.44. The molecule has 4 N–H and O–H groups in total. The molecule has 5 rings (SSSR count). The Morgan fingerprint density at radius 3 is 2.60 bits per heavy atom. The molecule has 0 atom stereocenters. The lowest BCUT2D eigenvalue weighted by Gasteiger charge is -2.31. The van der Waals surface area contributed by atoms with Crippen molar-refractivity contribution in [2.45, 2.75) is 0 Å². The molecule has 3 aromatic rings. The minimum atomic E-state index is -0.527. The Bertz CT molecular complexity index is 1290. The van der Waals surface area contributed by atoms with E-state index in [4.69, 9.17) is 33.7 Å². The van der Waals surface area contributed by atoms with Gasteiger partial charge < -0.3 is 26.0 Å². The van der Waals surface area contributed by atoms with Gasteiger partial charge in [0.05, 0.1) is 21.3 Å². The number of ether oxygens (including phenoxy) is 1. The van der Waals surface area contributed by atoms with Gasteiger partial charge in [0.25, 0.3) is 11.8 Å². The molecule has 1 saturated heterocycles. The van der Waals surface area contributed by atoms with E-state index < -0.39 is 5.91 Å². The van der Waals surface area contributed by atoms with Gasteiger partial charge in [-0.25, -0.2) is 4.98 Å². The summed E-state index contributed by atoms with van der Waals surface area (Å²) in [4.78, 5) is 37.2. The first kappa shape index (κ1) is 23.2. The maximum Gasteiger partial charge on any atom is 0.268 e. The van der Waals surface area contributed by atoms with E-state index >= 15 is 0 Å². The summed E-state index contributed by atoms with van der Waals surface area (Å²) >= 11 is 12.5. The van der Waals surface area contributed by atoms with Crippen LogP contribution >= 0.6 is 23.2 Å². The highest BCUT2D eigenvalue weighted by Gasteiger charge is 2.31. The number of aromatic nitrogens is 2. The molecule has 1 aromatic heterocycles. The number of fused-ring (bicyclic) bond motifs is 1. The molecule has 2 aromatic carbocycles. The monoisotopic (exact) mass is 513 g/mol. The molecule has 35 heavy (non-hydrogen) atoms. The fourth-order valence-corrected chi connectivity index (χ4v) is 4.65. The summed E-state index contributed by atoms with van der Waals surface area (Å²) in [7, 11) is 0. The van der Waals surface area contributed by atoms with Gasteiger partial charge in [-0.15, -0.1) is 0 Å². The predicted molar refractivity (Wildman–Crippen MR) is 134 cm³/mol. The third kappa shape index (κ3) is 4.55.